The van der Waals surface area contributed by atoms with Gasteiger partial charge in [0.2, 0.25) is 0 Å². The van der Waals surface area contributed by atoms with Crippen molar-refractivity contribution in [2.24, 2.45) is 0 Å². The highest BCUT2D eigenvalue weighted by Gasteiger charge is 2.25. The lowest BCUT2D eigenvalue weighted by Gasteiger charge is -2.31. The second kappa shape index (κ2) is 11.1. The lowest BCUT2D eigenvalue weighted by molar-refractivity contribution is 0.0790. The number of ether oxygens (including phenoxy) is 2. The van der Waals surface area contributed by atoms with Gasteiger partial charge >= 0.3 is 6.09 Å². The molecule has 4 rings (SSSR count). The monoisotopic (exact) mass is 472 g/mol. The summed E-state index contributed by atoms with van der Waals surface area (Å²) in [4.78, 5) is 34.8. The summed E-state index contributed by atoms with van der Waals surface area (Å²) in [7, 11) is 1.37. The molecule has 0 radical (unpaired) electrons. The lowest BCUT2D eigenvalue weighted by atomic mass is 10.1. The zero-order valence-electron chi connectivity index (χ0n) is 19.4. The van der Waals surface area contributed by atoms with Crippen LogP contribution in [0.3, 0.4) is 0 Å². The van der Waals surface area contributed by atoms with Gasteiger partial charge in [0.1, 0.15) is 12.4 Å². The second-order valence-corrected chi connectivity index (χ2v) is 7.94. The summed E-state index contributed by atoms with van der Waals surface area (Å²) < 4.78 is 12.3. The maximum atomic E-state index is 13.0. The highest BCUT2D eigenvalue weighted by atomic mass is 35.5. The third kappa shape index (κ3) is 5.82. The van der Waals surface area contributed by atoms with Gasteiger partial charge in [0.05, 0.1) is 19.0 Å². The van der Waals surface area contributed by atoms with Gasteiger partial charge in [-0.3, -0.25) is 9.36 Å². The summed E-state index contributed by atoms with van der Waals surface area (Å²) in [6.45, 7) is 7.48. The number of hydrogen-bond donors (Lipinski definition) is 0. The van der Waals surface area contributed by atoms with Crippen molar-refractivity contribution in [3.05, 3.63) is 63.3 Å². The van der Waals surface area contributed by atoms with Gasteiger partial charge in [-0.15, -0.1) is 0 Å². The summed E-state index contributed by atoms with van der Waals surface area (Å²) in [5, 5.41) is 0.507. The first kappa shape index (κ1) is 24.5. The van der Waals surface area contributed by atoms with Gasteiger partial charge in [0, 0.05) is 25.9 Å². The van der Waals surface area contributed by atoms with Crippen LogP contribution in [0, 0.1) is 6.92 Å². The van der Waals surface area contributed by atoms with Crippen LogP contribution in [0.25, 0.3) is 11.0 Å². The van der Waals surface area contributed by atoms with Crippen LogP contribution in [-0.4, -0.2) is 51.8 Å². The van der Waals surface area contributed by atoms with Crippen molar-refractivity contribution in [1.82, 2.24) is 19.4 Å². The topological polar surface area (TPSA) is 86.5 Å². The molecule has 0 atom stereocenters. The number of carbonyl (C=O) groups excluding carboxylic acids is 1. The number of amides is 1. The molecule has 1 aliphatic heterocycles. The Kier molecular flexibility index (Phi) is 8.27. The van der Waals surface area contributed by atoms with E-state index in [1.54, 1.807) is 15.5 Å². The molecule has 3 heterocycles. The SMILES string of the molecule is CC.COC(=O)N1CCC(Oc2cc3c(=O)n(Cc4ccc(C)cc4)cnc3nc2Cl)CC1. The molecule has 1 amide bonds. The molecule has 1 aliphatic rings. The first-order valence-corrected chi connectivity index (χ1v) is 11.4. The molecule has 33 heavy (non-hydrogen) atoms. The van der Waals surface area contributed by atoms with Crippen LogP contribution in [0.4, 0.5) is 4.79 Å². The Morgan fingerprint density at radius 2 is 1.85 bits per heavy atom. The van der Waals surface area contributed by atoms with Crippen molar-refractivity contribution in [3.8, 4) is 5.75 Å². The van der Waals surface area contributed by atoms with E-state index in [2.05, 4.69) is 9.97 Å². The van der Waals surface area contributed by atoms with Gasteiger partial charge in [0.15, 0.2) is 16.5 Å². The van der Waals surface area contributed by atoms with Gasteiger partial charge in [-0.25, -0.2) is 14.8 Å². The predicted octanol–water partition coefficient (Wildman–Crippen LogP) is 4.44. The van der Waals surface area contributed by atoms with E-state index in [1.165, 1.54) is 13.4 Å². The maximum absolute atomic E-state index is 13.0. The number of carbonyl (C=O) groups is 1. The van der Waals surface area contributed by atoms with E-state index in [1.807, 2.05) is 45.0 Å². The first-order chi connectivity index (χ1) is 15.9. The number of benzene rings is 1. The summed E-state index contributed by atoms with van der Waals surface area (Å²) >= 11 is 6.29. The summed E-state index contributed by atoms with van der Waals surface area (Å²) in [5.41, 5.74) is 2.23. The minimum atomic E-state index is -0.343. The average molecular weight is 473 g/mol. The molecule has 1 fully saturated rings. The standard InChI is InChI=1S/C22H23ClN4O4.C2H6/c1-14-3-5-15(6-4-14)12-27-13-24-20-17(21(27)28)11-18(19(23)25-20)31-16-7-9-26(10-8-16)22(29)30-2;1-2/h3-6,11,13,16H,7-10,12H2,1-2H3;1-2H3. The van der Waals surface area contributed by atoms with E-state index in [9.17, 15) is 9.59 Å². The Morgan fingerprint density at radius 3 is 2.48 bits per heavy atom. The molecular weight excluding hydrogens is 444 g/mol. The fourth-order valence-electron chi connectivity index (χ4n) is 3.60. The van der Waals surface area contributed by atoms with Crippen molar-refractivity contribution in [3.63, 3.8) is 0 Å². The van der Waals surface area contributed by atoms with Crippen molar-refractivity contribution in [2.75, 3.05) is 20.2 Å². The third-order valence-corrected chi connectivity index (χ3v) is 5.65. The molecule has 0 saturated carbocycles. The highest BCUT2D eigenvalue weighted by molar-refractivity contribution is 6.31. The Balaban J connectivity index is 0.00000149. The molecule has 9 heteroatoms. The Hall–Kier alpha value is -3.13. The smallest absolute Gasteiger partial charge is 0.409 e. The predicted molar refractivity (Wildman–Crippen MR) is 128 cm³/mol. The van der Waals surface area contributed by atoms with Gasteiger partial charge in [-0.1, -0.05) is 55.3 Å². The van der Waals surface area contributed by atoms with Crippen LogP contribution in [0.1, 0.15) is 37.8 Å². The number of piperidine rings is 1. The molecule has 0 unspecified atom stereocenters. The van der Waals surface area contributed by atoms with Crippen molar-refractivity contribution in [1.29, 1.82) is 0 Å². The number of pyridine rings is 1. The minimum absolute atomic E-state index is 0.135. The maximum Gasteiger partial charge on any atom is 0.409 e. The Morgan fingerprint density at radius 1 is 1.18 bits per heavy atom. The van der Waals surface area contributed by atoms with E-state index in [4.69, 9.17) is 21.1 Å². The molecule has 0 N–H and O–H groups in total. The summed E-state index contributed by atoms with van der Waals surface area (Å²) in [6.07, 6.45) is 2.27. The largest absolute Gasteiger partial charge is 0.487 e. The molecule has 2 aromatic heterocycles. The number of methoxy groups -OCH3 is 1. The Bertz CT molecular complexity index is 1160. The number of likely N-dealkylation sites (tertiary alicyclic amines) is 1. The van der Waals surface area contributed by atoms with Crippen LogP contribution >= 0.6 is 11.6 Å². The van der Waals surface area contributed by atoms with E-state index in [0.717, 1.165) is 11.1 Å². The zero-order valence-corrected chi connectivity index (χ0v) is 20.1. The van der Waals surface area contributed by atoms with E-state index in [-0.39, 0.29) is 28.6 Å². The highest BCUT2D eigenvalue weighted by Crippen LogP contribution is 2.28. The molecule has 8 nitrogen and oxygen atoms in total. The van der Waals surface area contributed by atoms with Crippen molar-refractivity contribution < 1.29 is 14.3 Å². The minimum Gasteiger partial charge on any atom is -0.487 e. The summed E-state index contributed by atoms with van der Waals surface area (Å²) in [6, 6.07) is 9.60. The van der Waals surface area contributed by atoms with E-state index >= 15 is 0 Å². The summed E-state index contributed by atoms with van der Waals surface area (Å²) in [5.74, 6) is 0.345. The van der Waals surface area contributed by atoms with Crippen LogP contribution in [-0.2, 0) is 11.3 Å². The fourth-order valence-corrected chi connectivity index (χ4v) is 3.78. The molecule has 3 aromatic rings. The van der Waals surface area contributed by atoms with Crippen LogP contribution < -0.4 is 10.3 Å². The van der Waals surface area contributed by atoms with E-state index < -0.39 is 0 Å². The third-order valence-electron chi connectivity index (χ3n) is 5.38. The Labute approximate surface area is 198 Å². The van der Waals surface area contributed by atoms with Crippen molar-refractivity contribution >= 4 is 28.7 Å². The quantitative estimate of drug-likeness (QED) is 0.522. The number of aryl methyl sites for hydroxylation is 1. The zero-order chi connectivity index (χ0) is 24.0. The van der Waals surface area contributed by atoms with Gasteiger partial charge in [-0.2, -0.15) is 0 Å². The van der Waals surface area contributed by atoms with Crippen LogP contribution in [0.2, 0.25) is 5.15 Å². The number of aromatic nitrogens is 3. The van der Waals surface area contributed by atoms with Crippen molar-refractivity contribution in [2.45, 2.75) is 46.3 Å². The number of rotatable bonds is 4. The normalized spacial score (nSPS) is 13.9. The number of hydrogen-bond acceptors (Lipinski definition) is 6. The molecule has 0 aliphatic carbocycles. The van der Waals surface area contributed by atoms with Gasteiger partial charge in [0.25, 0.3) is 5.56 Å². The fraction of sp³-hybridized carbons (Fsp3) is 0.417. The van der Waals surface area contributed by atoms with Crippen LogP contribution in [0.15, 0.2) is 41.5 Å². The van der Waals surface area contributed by atoms with E-state index in [0.29, 0.717) is 43.6 Å². The number of nitrogens with zero attached hydrogens (tertiary/aromatic N) is 4. The molecule has 1 saturated heterocycles. The van der Waals surface area contributed by atoms with Crippen LogP contribution in [0.5, 0.6) is 5.75 Å². The van der Waals surface area contributed by atoms with Gasteiger partial charge in [-0.05, 0) is 18.6 Å². The first-order valence-electron chi connectivity index (χ1n) is 11.1. The second-order valence-electron chi connectivity index (χ2n) is 7.59. The molecule has 0 spiro atoms. The molecule has 1 aromatic carbocycles. The lowest BCUT2D eigenvalue weighted by Crippen LogP contribution is -2.41. The molecule has 0 bridgehead atoms. The number of halogens is 1. The van der Waals surface area contributed by atoms with Gasteiger partial charge < -0.3 is 14.4 Å². The molecule has 176 valence electrons. The average Bonchev–Trinajstić information content (AvgIpc) is 2.84. The number of fused-ring (bicyclic) bond motifs is 1. The molecular formula is C24H29ClN4O4.